The van der Waals surface area contributed by atoms with Crippen LogP contribution in [0, 0.1) is 0 Å². The molecule has 0 aliphatic heterocycles. The number of carbonyl (C=O) groups is 1. The molecule has 4 aromatic carbocycles. The molecular formula is C28H21N3O2. The quantitative estimate of drug-likeness (QED) is 0.430. The Morgan fingerprint density at radius 3 is 1.73 bits per heavy atom. The van der Waals surface area contributed by atoms with Gasteiger partial charge in [-0.2, -0.15) is 9.78 Å². The third-order valence-electron chi connectivity index (χ3n) is 5.56. The number of para-hydroxylation sites is 1. The fraction of sp³-hybridized carbons (Fsp3) is 0.0357. The van der Waals surface area contributed by atoms with Gasteiger partial charge in [-0.3, -0.25) is 9.59 Å². The lowest BCUT2D eigenvalue weighted by Crippen LogP contribution is -2.33. The van der Waals surface area contributed by atoms with Gasteiger partial charge in [0.15, 0.2) is 5.69 Å². The highest BCUT2D eigenvalue weighted by Gasteiger charge is 2.22. The Morgan fingerprint density at radius 2 is 1.15 bits per heavy atom. The molecule has 0 unspecified atom stereocenters. The monoisotopic (exact) mass is 431 g/mol. The molecule has 0 spiro atoms. The van der Waals surface area contributed by atoms with Crippen LogP contribution in [0.1, 0.15) is 27.7 Å². The number of carbonyl (C=O) groups excluding carboxylic acids is 1. The lowest BCUT2D eigenvalue weighted by molar-refractivity contribution is 0.0938. The van der Waals surface area contributed by atoms with Crippen molar-refractivity contribution in [2.24, 2.45) is 0 Å². The van der Waals surface area contributed by atoms with Crippen molar-refractivity contribution < 1.29 is 4.79 Å². The maximum atomic E-state index is 13.6. The van der Waals surface area contributed by atoms with Crippen LogP contribution in [0.4, 0.5) is 0 Å². The Hall–Kier alpha value is -4.51. The van der Waals surface area contributed by atoms with Gasteiger partial charge in [0.05, 0.1) is 17.1 Å². The summed E-state index contributed by atoms with van der Waals surface area (Å²) in [6.45, 7) is 0. The van der Waals surface area contributed by atoms with Gasteiger partial charge in [0, 0.05) is 5.39 Å². The highest BCUT2D eigenvalue weighted by atomic mass is 16.2. The number of benzene rings is 4. The van der Waals surface area contributed by atoms with Crippen LogP contribution < -0.4 is 10.9 Å². The Kier molecular flexibility index (Phi) is 5.52. The topological polar surface area (TPSA) is 64.0 Å². The molecule has 5 aromatic rings. The average molecular weight is 431 g/mol. The summed E-state index contributed by atoms with van der Waals surface area (Å²) in [5, 5.41) is 8.61. The predicted molar refractivity (Wildman–Crippen MR) is 130 cm³/mol. The summed E-state index contributed by atoms with van der Waals surface area (Å²) in [5.41, 5.74) is 2.45. The minimum Gasteiger partial charge on any atom is -0.340 e. The second-order valence-electron chi connectivity index (χ2n) is 7.67. The van der Waals surface area contributed by atoms with Gasteiger partial charge in [-0.05, 0) is 29.3 Å². The van der Waals surface area contributed by atoms with E-state index in [0.717, 1.165) is 11.1 Å². The third-order valence-corrected chi connectivity index (χ3v) is 5.56. The van der Waals surface area contributed by atoms with Gasteiger partial charge >= 0.3 is 0 Å². The van der Waals surface area contributed by atoms with Gasteiger partial charge in [0.25, 0.3) is 11.5 Å². The van der Waals surface area contributed by atoms with E-state index in [2.05, 4.69) is 10.4 Å². The molecule has 1 N–H and O–H groups in total. The van der Waals surface area contributed by atoms with Crippen LogP contribution in [0.3, 0.4) is 0 Å². The van der Waals surface area contributed by atoms with Crippen molar-refractivity contribution in [1.29, 1.82) is 0 Å². The van der Waals surface area contributed by atoms with E-state index >= 15 is 0 Å². The van der Waals surface area contributed by atoms with Crippen LogP contribution in [-0.4, -0.2) is 15.7 Å². The molecule has 33 heavy (non-hydrogen) atoms. The summed E-state index contributed by atoms with van der Waals surface area (Å²) >= 11 is 0. The normalized spacial score (nSPS) is 10.9. The number of rotatable bonds is 5. The first-order valence-corrected chi connectivity index (χ1v) is 10.7. The number of nitrogens with one attached hydrogen (secondary N) is 1. The standard InChI is InChI=1S/C28H21N3O2/c32-27(29-25(20-12-4-1-5-13-20)21-14-6-2-7-15-21)26-23-18-10-11-19-24(23)28(33)31(30-26)22-16-8-3-9-17-22/h1-19,25H,(H,29,32). The molecule has 1 amide bonds. The Labute approximate surface area is 191 Å². The molecule has 160 valence electrons. The molecule has 0 aliphatic rings. The van der Waals surface area contributed by atoms with E-state index in [9.17, 15) is 9.59 Å². The maximum Gasteiger partial charge on any atom is 0.279 e. The first kappa shape index (κ1) is 20.4. The van der Waals surface area contributed by atoms with Gasteiger partial charge in [0.1, 0.15) is 0 Å². The van der Waals surface area contributed by atoms with E-state index in [0.29, 0.717) is 16.5 Å². The zero-order valence-electron chi connectivity index (χ0n) is 17.8. The molecular weight excluding hydrogens is 410 g/mol. The van der Waals surface area contributed by atoms with Crippen molar-refractivity contribution in [3.8, 4) is 5.69 Å². The summed E-state index contributed by atoms with van der Waals surface area (Å²) in [4.78, 5) is 26.8. The molecule has 0 atom stereocenters. The van der Waals surface area contributed by atoms with Crippen molar-refractivity contribution in [2.45, 2.75) is 6.04 Å². The van der Waals surface area contributed by atoms with Crippen molar-refractivity contribution in [3.05, 3.63) is 142 Å². The molecule has 1 heterocycles. The molecule has 5 rings (SSSR count). The smallest absolute Gasteiger partial charge is 0.279 e. The minimum atomic E-state index is -0.363. The number of nitrogens with zero attached hydrogens (tertiary/aromatic N) is 2. The van der Waals surface area contributed by atoms with Gasteiger partial charge < -0.3 is 5.32 Å². The lowest BCUT2D eigenvalue weighted by atomic mass is 9.98. The summed E-state index contributed by atoms with van der Waals surface area (Å²) in [6.07, 6.45) is 0. The summed E-state index contributed by atoms with van der Waals surface area (Å²) in [6, 6.07) is 35.4. The number of hydrogen-bond donors (Lipinski definition) is 1. The lowest BCUT2D eigenvalue weighted by Gasteiger charge is -2.20. The first-order chi connectivity index (χ1) is 16.2. The summed E-state index contributed by atoms with van der Waals surface area (Å²) in [7, 11) is 0. The molecule has 5 nitrogen and oxygen atoms in total. The van der Waals surface area contributed by atoms with Crippen LogP contribution in [0.5, 0.6) is 0 Å². The SMILES string of the molecule is O=C(NC(c1ccccc1)c1ccccc1)c1nn(-c2ccccc2)c(=O)c2ccccc12. The van der Waals surface area contributed by atoms with Crippen molar-refractivity contribution in [2.75, 3.05) is 0 Å². The van der Waals surface area contributed by atoms with E-state index in [1.54, 1.807) is 36.4 Å². The highest BCUT2D eigenvalue weighted by Crippen LogP contribution is 2.23. The van der Waals surface area contributed by atoms with Crippen LogP contribution in [0.2, 0.25) is 0 Å². The molecule has 0 saturated carbocycles. The largest absolute Gasteiger partial charge is 0.340 e. The van der Waals surface area contributed by atoms with Crippen molar-refractivity contribution >= 4 is 16.7 Å². The van der Waals surface area contributed by atoms with E-state index in [4.69, 9.17) is 0 Å². The fourth-order valence-electron chi connectivity index (χ4n) is 3.95. The minimum absolute atomic E-state index is 0.200. The van der Waals surface area contributed by atoms with E-state index in [-0.39, 0.29) is 23.2 Å². The molecule has 0 bridgehead atoms. The Bertz CT molecular complexity index is 1420. The molecule has 1 aromatic heterocycles. The second kappa shape index (κ2) is 8.93. The van der Waals surface area contributed by atoms with Gasteiger partial charge in [-0.1, -0.05) is 97.1 Å². The van der Waals surface area contributed by atoms with E-state index < -0.39 is 0 Å². The van der Waals surface area contributed by atoms with Gasteiger partial charge in [-0.25, -0.2) is 0 Å². The zero-order chi connectivity index (χ0) is 22.6. The Balaban J connectivity index is 1.63. The summed E-state index contributed by atoms with van der Waals surface area (Å²) in [5.74, 6) is -0.353. The molecule has 5 heteroatoms. The zero-order valence-corrected chi connectivity index (χ0v) is 17.8. The number of amides is 1. The van der Waals surface area contributed by atoms with Crippen molar-refractivity contribution in [1.82, 2.24) is 15.1 Å². The number of hydrogen-bond acceptors (Lipinski definition) is 3. The van der Waals surface area contributed by atoms with Gasteiger partial charge in [0.2, 0.25) is 0 Å². The van der Waals surface area contributed by atoms with E-state index in [1.807, 2.05) is 78.9 Å². The molecule has 0 fully saturated rings. The van der Waals surface area contributed by atoms with E-state index in [1.165, 1.54) is 4.68 Å². The third kappa shape index (κ3) is 4.04. The maximum absolute atomic E-state index is 13.6. The van der Waals surface area contributed by atoms with Crippen LogP contribution in [0.25, 0.3) is 16.5 Å². The molecule has 0 radical (unpaired) electrons. The van der Waals surface area contributed by atoms with Crippen LogP contribution in [0.15, 0.2) is 120 Å². The first-order valence-electron chi connectivity index (χ1n) is 10.7. The van der Waals surface area contributed by atoms with Crippen molar-refractivity contribution in [3.63, 3.8) is 0 Å². The van der Waals surface area contributed by atoms with Crippen LogP contribution >= 0.6 is 0 Å². The average Bonchev–Trinajstić information content (AvgIpc) is 2.89. The summed E-state index contributed by atoms with van der Waals surface area (Å²) < 4.78 is 1.29. The second-order valence-corrected chi connectivity index (χ2v) is 7.67. The van der Waals surface area contributed by atoms with Gasteiger partial charge in [-0.15, -0.1) is 0 Å². The molecule has 0 saturated heterocycles. The molecule has 0 aliphatic carbocycles. The number of fused-ring (bicyclic) bond motifs is 1. The fourth-order valence-corrected chi connectivity index (χ4v) is 3.95. The van der Waals surface area contributed by atoms with Crippen LogP contribution in [-0.2, 0) is 0 Å². The number of aromatic nitrogens is 2. The predicted octanol–water partition coefficient (Wildman–Crippen LogP) is 4.91. The highest BCUT2D eigenvalue weighted by molar-refractivity contribution is 6.05. The Morgan fingerprint density at radius 1 is 0.667 bits per heavy atom.